The van der Waals surface area contributed by atoms with Crippen LogP contribution < -0.4 is 20.2 Å². The van der Waals surface area contributed by atoms with E-state index in [9.17, 15) is 14.0 Å². The van der Waals surface area contributed by atoms with E-state index in [4.69, 9.17) is 9.47 Å². The smallest absolute Gasteiger partial charge is 0.329 e. The van der Waals surface area contributed by atoms with Crippen molar-refractivity contribution in [2.45, 2.75) is 20.3 Å². The maximum Gasteiger partial charge on any atom is 0.329 e. The zero-order valence-corrected chi connectivity index (χ0v) is 19.5. The number of nitrogens with one attached hydrogen (secondary N) is 2. The predicted octanol–water partition coefficient (Wildman–Crippen LogP) is 3.06. The summed E-state index contributed by atoms with van der Waals surface area (Å²) < 4.78 is 26.4. The second-order valence-electron chi connectivity index (χ2n) is 7.51. The molecule has 1 aromatic heterocycles. The number of para-hydroxylation sites is 1. The second kappa shape index (κ2) is 11.1. The highest BCUT2D eigenvalue weighted by Gasteiger charge is 2.14. The molecule has 0 saturated carbocycles. The number of carbonyl (C=O) groups is 2. The van der Waals surface area contributed by atoms with Gasteiger partial charge in [-0.3, -0.25) is 9.59 Å². The summed E-state index contributed by atoms with van der Waals surface area (Å²) in [5.74, 6) is -0.818. The molecule has 0 aliphatic carbocycles. The number of hydrazone groups is 1. The number of ether oxygens (including phenoxy) is 2. The summed E-state index contributed by atoms with van der Waals surface area (Å²) >= 11 is 0. The molecule has 9 heteroatoms. The second-order valence-corrected chi connectivity index (χ2v) is 7.51. The number of rotatable bonds is 8. The Kier molecular flexibility index (Phi) is 8.02. The number of aryl methyl sites for hydroxylation is 1. The Labute approximate surface area is 197 Å². The van der Waals surface area contributed by atoms with E-state index in [2.05, 4.69) is 15.8 Å². The van der Waals surface area contributed by atoms with Gasteiger partial charge in [0, 0.05) is 23.5 Å². The zero-order chi connectivity index (χ0) is 24.7. The summed E-state index contributed by atoms with van der Waals surface area (Å²) in [6, 6.07) is 13.7. The van der Waals surface area contributed by atoms with E-state index in [0.29, 0.717) is 29.2 Å². The molecule has 0 spiro atoms. The summed E-state index contributed by atoms with van der Waals surface area (Å²) in [4.78, 5) is 24.1. The Balaban J connectivity index is 1.55. The van der Waals surface area contributed by atoms with Crippen LogP contribution in [0.15, 0.2) is 53.6 Å². The van der Waals surface area contributed by atoms with Crippen molar-refractivity contribution >= 4 is 18.0 Å². The van der Waals surface area contributed by atoms with Gasteiger partial charge >= 0.3 is 11.8 Å². The third kappa shape index (κ3) is 5.61. The van der Waals surface area contributed by atoms with Crippen LogP contribution in [-0.2, 0) is 16.0 Å². The fraction of sp³-hybridized carbons (Fsp3) is 0.240. The predicted molar refractivity (Wildman–Crippen MR) is 127 cm³/mol. The molecule has 0 aliphatic rings. The Bertz CT molecular complexity index is 1220. The van der Waals surface area contributed by atoms with Crippen LogP contribution in [0.5, 0.6) is 11.5 Å². The molecule has 8 nitrogen and oxygen atoms in total. The van der Waals surface area contributed by atoms with E-state index < -0.39 is 11.8 Å². The van der Waals surface area contributed by atoms with Crippen molar-refractivity contribution in [3.05, 3.63) is 76.9 Å². The average Bonchev–Trinajstić information content (AvgIpc) is 3.11. The van der Waals surface area contributed by atoms with Crippen molar-refractivity contribution in [3.63, 3.8) is 0 Å². The number of halogens is 1. The maximum atomic E-state index is 14.2. The van der Waals surface area contributed by atoms with Crippen LogP contribution in [0, 0.1) is 19.7 Å². The van der Waals surface area contributed by atoms with Gasteiger partial charge in [-0.15, -0.1) is 0 Å². The van der Waals surface area contributed by atoms with E-state index in [1.807, 2.05) is 32.0 Å². The average molecular weight is 467 g/mol. The summed E-state index contributed by atoms with van der Waals surface area (Å²) in [6.07, 6.45) is 1.93. The standard InChI is InChI=1S/C25H27FN4O4/c1-16-13-19(17(2)30(16)21-8-6-5-7-20(21)26)15-28-29-25(32)24(31)27-12-11-18-9-10-22(33-3)23(14-18)34-4/h5-10,13-15H,11-12H2,1-4H3,(H,27,31)(H,29,32)/b28-15-. The van der Waals surface area contributed by atoms with E-state index in [0.717, 1.165) is 17.0 Å². The van der Waals surface area contributed by atoms with E-state index in [-0.39, 0.29) is 12.4 Å². The molecule has 3 aromatic rings. The van der Waals surface area contributed by atoms with Crippen molar-refractivity contribution in [2.75, 3.05) is 20.8 Å². The van der Waals surface area contributed by atoms with Crippen LogP contribution in [-0.4, -0.2) is 43.4 Å². The number of amides is 2. The van der Waals surface area contributed by atoms with Gasteiger partial charge in [0.1, 0.15) is 5.82 Å². The number of hydrogen-bond acceptors (Lipinski definition) is 5. The Morgan fingerprint density at radius 2 is 1.76 bits per heavy atom. The van der Waals surface area contributed by atoms with E-state index >= 15 is 0 Å². The molecule has 1 heterocycles. The van der Waals surface area contributed by atoms with Gasteiger partial charge < -0.3 is 19.4 Å². The summed E-state index contributed by atoms with van der Waals surface area (Å²) in [6.45, 7) is 3.93. The van der Waals surface area contributed by atoms with E-state index in [1.165, 1.54) is 12.3 Å². The molecule has 0 unspecified atom stereocenters. The van der Waals surface area contributed by atoms with Gasteiger partial charge in [-0.05, 0) is 56.2 Å². The highest BCUT2D eigenvalue weighted by molar-refractivity contribution is 6.35. The lowest BCUT2D eigenvalue weighted by Crippen LogP contribution is -2.38. The molecule has 2 amide bonds. The molecular weight excluding hydrogens is 439 g/mol. The zero-order valence-electron chi connectivity index (χ0n) is 19.5. The Morgan fingerprint density at radius 1 is 1.03 bits per heavy atom. The van der Waals surface area contributed by atoms with Crippen molar-refractivity contribution in [1.29, 1.82) is 0 Å². The Hall–Kier alpha value is -4.14. The molecule has 0 bridgehead atoms. The molecule has 178 valence electrons. The van der Waals surface area contributed by atoms with Gasteiger partial charge in [0.25, 0.3) is 0 Å². The molecule has 3 rings (SSSR count). The molecule has 2 N–H and O–H groups in total. The monoisotopic (exact) mass is 466 g/mol. The molecule has 0 saturated heterocycles. The third-order valence-corrected chi connectivity index (χ3v) is 5.29. The minimum absolute atomic E-state index is 0.259. The minimum Gasteiger partial charge on any atom is -0.493 e. The SMILES string of the molecule is COc1ccc(CCNC(=O)C(=O)N/N=C\c2cc(C)n(-c3ccccc3F)c2C)cc1OC. The van der Waals surface area contributed by atoms with E-state index in [1.54, 1.807) is 43.1 Å². The van der Waals surface area contributed by atoms with Crippen LogP contribution in [0.25, 0.3) is 5.69 Å². The first-order chi connectivity index (χ1) is 16.3. The summed E-state index contributed by atoms with van der Waals surface area (Å²) in [5.41, 5.74) is 5.81. The number of hydrogen-bond donors (Lipinski definition) is 2. The van der Waals surface area contributed by atoms with Crippen molar-refractivity contribution in [3.8, 4) is 17.2 Å². The fourth-order valence-electron chi connectivity index (χ4n) is 3.57. The molecule has 0 fully saturated rings. The fourth-order valence-corrected chi connectivity index (χ4v) is 3.57. The van der Waals surface area contributed by atoms with Gasteiger partial charge in [0.05, 0.1) is 26.1 Å². The van der Waals surface area contributed by atoms with Crippen molar-refractivity contribution < 1.29 is 23.5 Å². The van der Waals surface area contributed by atoms with Gasteiger partial charge in [0.15, 0.2) is 11.5 Å². The highest BCUT2D eigenvalue weighted by atomic mass is 19.1. The minimum atomic E-state index is -0.883. The molecular formula is C25H27FN4O4. The third-order valence-electron chi connectivity index (χ3n) is 5.29. The maximum absolute atomic E-state index is 14.2. The lowest BCUT2D eigenvalue weighted by atomic mass is 10.1. The van der Waals surface area contributed by atoms with Gasteiger partial charge in [-0.1, -0.05) is 18.2 Å². The first kappa shape index (κ1) is 24.5. The number of nitrogens with zero attached hydrogens (tertiary/aromatic N) is 2. The van der Waals surface area contributed by atoms with Gasteiger partial charge in [-0.25, -0.2) is 9.82 Å². The summed E-state index contributed by atoms with van der Waals surface area (Å²) in [5, 5.41) is 6.43. The molecule has 2 aromatic carbocycles. The number of aromatic nitrogens is 1. The van der Waals surface area contributed by atoms with Gasteiger partial charge in [0.2, 0.25) is 0 Å². The number of benzene rings is 2. The van der Waals surface area contributed by atoms with Crippen LogP contribution in [0.2, 0.25) is 0 Å². The van der Waals surface area contributed by atoms with Crippen molar-refractivity contribution in [2.24, 2.45) is 5.10 Å². The van der Waals surface area contributed by atoms with Gasteiger partial charge in [-0.2, -0.15) is 5.10 Å². The molecule has 0 aliphatic heterocycles. The Morgan fingerprint density at radius 3 is 2.47 bits per heavy atom. The molecule has 0 atom stereocenters. The summed E-state index contributed by atoms with van der Waals surface area (Å²) in [7, 11) is 3.10. The van der Waals surface area contributed by atoms with Crippen molar-refractivity contribution in [1.82, 2.24) is 15.3 Å². The highest BCUT2D eigenvalue weighted by Crippen LogP contribution is 2.27. The topological polar surface area (TPSA) is 94.0 Å². The lowest BCUT2D eigenvalue weighted by molar-refractivity contribution is -0.139. The lowest BCUT2D eigenvalue weighted by Gasteiger charge is -2.10. The largest absolute Gasteiger partial charge is 0.493 e. The first-order valence-corrected chi connectivity index (χ1v) is 10.6. The number of carbonyl (C=O) groups excluding carboxylic acids is 2. The van der Waals surface area contributed by atoms with Crippen LogP contribution >= 0.6 is 0 Å². The van der Waals surface area contributed by atoms with Crippen LogP contribution in [0.4, 0.5) is 4.39 Å². The normalized spacial score (nSPS) is 10.9. The molecule has 34 heavy (non-hydrogen) atoms. The number of methoxy groups -OCH3 is 2. The van der Waals surface area contributed by atoms with Crippen LogP contribution in [0.3, 0.4) is 0 Å². The van der Waals surface area contributed by atoms with Crippen LogP contribution in [0.1, 0.15) is 22.5 Å². The quantitative estimate of drug-likeness (QED) is 0.303. The first-order valence-electron chi connectivity index (χ1n) is 10.6. The molecule has 0 radical (unpaired) electrons.